The van der Waals surface area contributed by atoms with Crippen LogP contribution in [0.2, 0.25) is 0 Å². The van der Waals surface area contributed by atoms with E-state index in [1.807, 2.05) is 0 Å². The zero-order valence-electron chi connectivity index (χ0n) is 27.6. The van der Waals surface area contributed by atoms with Crippen molar-refractivity contribution in [2.45, 2.75) is 0 Å². The quantitative estimate of drug-likeness (QED) is 0.174. The van der Waals surface area contributed by atoms with Crippen LogP contribution in [0.25, 0.3) is 10.8 Å². The molecule has 50 heavy (non-hydrogen) atoms. The van der Waals surface area contributed by atoms with E-state index in [9.17, 15) is 0 Å². The van der Waals surface area contributed by atoms with Crippen LogP contribution in [-0.4, -0.2) is 7.28 Å². The Labute approximate surface area is 294 Å². The summed E-state index contributed by atoms with van der Waals surface area (Å²) in [5.41, 5.74) is 12.6. The number of nitrogens with zero attached hydrogens (tertiary/aromatic N) is 3. The van der Waals surface area contributed by atoms with E-state index in [0.29, 0.717) is 0 Å². The summed E-state index contributed by atoms with van der Waals surface area (Å²) in [7, 11) is 0.750. The maximum atomic E-state index is 2.43. The third-order valence-corrected chi connectivity index (χ3v) is 9.60. The molecule has 0 saturated carbocycles. The van der Waals surface area contributed by atoms with E-state index < -0.39 is 0 Å². The Hall–Kier alpha value is -6.52. The molecule has 0 spiro atoms. The lowest BCUT2D eigenvalue weighted by Gasteiger charge is -2.34. The first-order valence-electron chi connectivity index (χ1n) is 17.2. The molecule has 8 aromatic rings. The highest BCUT2D eigenvalue weighted by molar-refractivity contribution is 6.73. The summed E-state index contributed by atoms with van der Waals surface area (Å²) in [6.45, 7) is 0. The van der Waals surface area contributed by atoms with Gasteiger partial charge in [0.1, 0.15) is 0 Å². The second-order valence-electron chi connectivity index (χ2n) is 12.6. The predicted octanol–water partition coefficient (Wildman–Crippen LogP) is 10.9. The SMILES string of the molecule is B1c2ccc(N(c3ccccc3)c3ccccc3)cc2N(c2ccccc2)c2cccc(c2)N(c2ccccc2)c2ccc3ccccc3c21. The van der Waals surface area contributed by atoms with Crippen molar-refractivity contribution in [2.24, 2.45) is 0 Å². The first-order valence-corrected chi connectivity index (χ1v) is 17.2. The van der Waals surface area contributed by atoms with Crippen molar-refractivity contribution in [1.29, 1.82) is 0 Å². The summed E-state index contributed by atoms with van der Waals surface area (Å²) in [5, 5.41) is 2.50. The van der Waals surface area contributed by atoms with E-state index in [2.05, 4.69) is 215 Å². The maximum absolute atomic E-state index is 2.43. The van der Waals surface area contributed by atoms with Crippen LogP contribution >= 0.6 is 0 Å². The number of rotatable bonds is 5. The molecular weight excluding hydrogens is 605 g/mol. The fraction of sp³-hybridized carbons (Fsp3) is 0. The van der Waals surface area contributed by atoms with E-state index in [4.69, 9.17) is 0 Å². The van der Waals surface area contributed by atoms with Crippen LogP contribution in [0.15, 0.2) is 200 Å². The predicted molar refractivity (Wildman–Crippen MR) is 214 cm³/mol. The molecule has 0 N–H and O–H groups in total. The first-order chi connectivity index (χ1) is 24.8. The van der Waals surface area contributed by atoms with Gasteiger partial charge in [-0.2, -0.15) is 0 Å². The molecule has 8 aromatic carbocycles. The monoisotopic (exact) mass is 639 g/mol. The van der Waals surface area contributed by atoms with Gasteiger partial charge in [-0.25, -0.2) is 0 Å². The van der Waals surface area contributed by atoms with Crippen LogP contribution in [0.5, 0.6) is 0 Å². The number of anilines is 9. The van der Waals surface area contributed by atoms with Gasteiger partial charge >= 0.3 is 0 Å². The zero-order valence-corrected chi connectivity index (χ0v) is 27.6. The maximum Gasteiger partial charge on any atom is 0.198 e. The number of benzene rings is 8. The second-order valence-corrected chi connectivity index (χ2v) is 12.6. The van der Waals surface area contributed by atoms with E-state index in [1.165, 1.54) is 27.4 Å². The van der Waals surface area contributed by atoms with Gasteiger partial charge in [0, 0.05) is 51.2 Å². The number of hydrogen-bond donors (Lipinski definition) is 0. The molecule has 1 aliphatic heterocycles. The summed E-state index contributed by atoms with van der Waals surface area (Å²) >= 11 is 0. The minimum Gasteiger partial charge on any atom is -0.311 e. The third kappa shape index (κ3) is 5.37. The van der Waals surface area contributed by atoms with Crippen molar-refractivity contribution in [3.05, 3.63) is 200 Å². The minimum absolute atomic E-state index is 0.750. The highest BCUT2D eigenvalue weighted by atomic mass is 15.2. The van der Waals surface area contributed by atoms with Crippen molar-refractivity contribution < 1.29 is 0 Å². The van der Waals surface area contributed by atoms with Crippen molar-refractivity contribution in [2.75, 3.05) is 14.7 Å². The largest absolute Gasteiger partial charge is 0.311 e. The van der Waals surface area contributed by atoms with Gasteiger partial charge in [0.25, 0.3) is 0 Å². The van der Waals surface area contributed by atoms with Gasteiger partial charge in [-0.3, -0.25) is 0 Å². The molecule has 0 amide bonds. The first kappa shape index (κ1) is 29.6. The summed E-state index contributed by atoms with van der Waals surface area (Å²) in [5.74, 6) is 0. The molecule has 0 unspecified atom stereocenters. The van der Waals surface area contributed by atoms with Gasteiger partial charge in [-0.15, -0.1) is 0 Å². The fourth-order valence-electron chi connectivity index (χ4n) is 7.34. The average Bonchev–Trinajstić information content (AvgIpc) is 3.18. The van der Waals surface area contributed by atoms with Crippen molar-refractivity contribution in [3.8, 4) is 0 Å². The minimum atomic E-state index is 0.750. The number of para-hydroxylation sites is 4. The number of fused-ring (bicyclic) bond motifs is 6. The Morgan fingerprint density at radius 1 is 0.360 bits per heavy atom. The smallest absolute Gasteiger partial charge is 0.198 e. The molecule has 3 nitrogen and oxygen atoms in total. The van der Waals surface area contributed by atoms with Gasteiger partial charge < -0.3 is 14.7 Å². The topological polar surface area (TPSA) is 9.72 Å². The molecule has 0 atom stereocenters. The van der Waals surface area contributed by atoms with E-state index >= 15 is 0 Å². The molecule has 1 heterocycles. The molecule has 2 bridgehead atoms. The van der Waals surface area contributed by atoms with E-state index in [1.54, 1.807) is 0 Å². The number of hydrogen-bond acceptors (Lipinski definition) is 3. The van der Waals surface area contributed by atoms with Crippen molar-refractivity contribution >= 4 is 80.2 Å². The molecule has 0 saturated heterocycles. The molecule has 0 fully saturated rings. The normalized spacial score (nSPS) is 12.1. The lowest BCUT2D eigenvalue weighted by atomic mass is 9.60. The molecule has 1 aliphatic rings. The second kappa shape index (κ2) is 12.8. The summed E-state index contributed by atoms with van der Waals surface area (Å²) in [4.78, 5) is 7.19. The molecule has 4 heteroatoms. The standard InChI is InChI=1S/C46H34BN3/c1-5-17-35(18-6-1)48(36-19-7-2-8-20-36)41-29-30-43-45(33-41)50(38-23-11-4-12-24-38)40-26-15-25-39(32-40)49(37-21-9-3-10-22-37)44-31-28-34-16-13-14-27-42(34)46(44)47-43/h1-33,47H. The van der Waals surface area contributed by atoms with Crippen LogP contribution in [0, 0.1) is 0 Å². The van der Waals surface area contributed by atoms with Gasteiger partial charge in [-0.1, -0.05) is 121 Å². The van der Waals surface area contributed by atoms with Crippen LogP contribution in [0.3, 0.4) is 0 Å². The fourth-order valence-corrected chi connectivity index (χ4v) is 7.34. The lowest BCUT2D eigenvalue weighted by Crippen LogP contribution is -2.35. The Kier molecular flexibility index (Phi) is 7.60. The average molecular weight is 640 g/mol. The summed E-state index contributed by atoms with van der Waals surface area (Å²) in [6, 6.07) is 72.1. The Bertz CT molecular complexity index is 2380. The van der Waals surface area contributed by atoms with E-state index in [-0.39, 0.29) is 0 Å². The third-order valence-electron chi connectivity index (χ3n) is 9.60. The summed E-state index contributed by atoms with van der Waals surface area (Å²) < 4.78 is 0. The highest BCUT2D eigenvalue weighted by Crippen LogP contribution is 2.43. The summed E-state index contributed by atoms with van der Waals surface area (Å²) in [6.07, 6.45) is 0. The Morgan fingerprint density at radius 3 is 1.50 bits per heavy atom. The van der Waals surface area contributed by atoms with Crippen molar-refractivity contribution in [3.63, 3.8) is 0 Å². The molecule has 9 rings (SSSR count). The van der Waals surface area contributed by atoms with E-state index in [0.717, 1.165) is 52.8 Å². The molecule has 0 aliphatic carbocycles. The molecule has 0 aromatic heterocycles. The highest BCUT2D eigenvalue weighted by Gasteiger charge is 2.26. The van der Waals surface area contributed by atoms with Crippen LogP contribution < -0.4 is 25.6 Å². The van der Waals surface area contributed by atoms with Gasteiger partial charge in [0.2, 0.25) is 0 Å². The van der Waals surface area contributed by atoms with Gasteiger partial charge in [-0.05, 0) is 101 Å². The lowest BCUT2D eigenvalue weighted by molar-refractivity contribution is 1.24. The van der Waals surface area contributed by atoms with Gasteiger partial charge in [0.15, 0.2) is 7.28 Å². The molecular formula is C46H34BN3. The Balaban J connectivity index is 1.35. The molecule has 236 valence electrons. The van der Waals surface area contributed by atoms with Crippen LogP contribution in [0.4, 0.5) is 51.2 Å². The molecule has 0 radical (unpaired) electrons. The van der Waals surface area contributed by atoms with Crippen molar-refractivity contribution in [1.82, 2.24) is 0 Å². The Morgan fingerprint density at radius 2 is 0.880 bits per heavy atom. The van der Waals surface area contributed by atoms with Crippen LogP contribution in [0.1, 0.15) is 0 Å². The van der Waals surface area contributed by atoms with Crippen LogP contribution in [-0.2, 0) is 0 Å². The van der Waals surface area contributed by atoms with Gasteiger partial charge in [0.05, 0.1) is 0 Å². The zero-order chi connectivity index (χ0) is 33.3.